The molecule has 27 heavy (non-hydrogen) atoms. The zero-order valence-electron chi connectivity index (χ0n) is 14.7. The molecule has 0 radical (unpaired) electrons. The van der Waals surface area contributed by atoms with Gasteiger partial charge in [0.25, 0.3) is 0 Å². The van der Waals surface area contributed by atoms with Gasteiger partial charge in [-0.1, -0.05) is 35.5 Å². The fourth-order valence-electron chi connectivity index (χ4n) is 2.30. The molecule has 0 bridgehead atoms. The maximum Gasteiger partial charge on any atom is 0.234 e. The van der Waals surface area contributed by atoms with Crippen molar-refractivity contribution in [3.63, 3.8) is 0 Å². The Morgan fingerprint density at radius 3 is 2.78 bits per heavy atom. The van der Waals surface area contributed by atoms with E-state index < -0.39 is 0 Å². The third kappa shape index (κ3) is 4.72. The molecule has 140 valence electrons. The fourth-order valence-corrected chi connectivity index (χ4v) is 3.13. The largest absolute Gasteiger partial charge is 0.497 e. The molecular formula is C18H17ClN4O3S. The predicted molar refractivity (Wildman–Crippen MR) is 106 cm³/mol. The van der Waals surface area contributed by atoms with Gasteiger partial charge in [-0.2, -0.15) is 0 Å². The fraction of sp³-hybridized carbons (Fsp3) is 0.167. The highest BCUT2D eigenvalue weighted by atomic mass is 35.5. The normalized spacial score (nSPS) is 10.5. The summed E-state index contributed by atoms with van der Waals surface area (Å²) in [5.74, 6) is 1.67. The number of methoxy groups -OCH3 is 2. The van der Waals surface area contributed by atoms with Crippen molar-refractivity contribution in [2.24, 2.45) is 0 Å². The molecule has 7 nitrogen and oxygen atoms in total. The second-order valence-electron chi connectivity index (χ2n) is 5.35. The number of hydrogen-bond donors (Lipinski definition) is 2. The number of nitrogens with zero attached hydrogens (tertiary/aromatic N) is 2. The van der Waals surface area contributed by atoms with Crippen LogP contribution in [0.3, 0.4) is 0 Å². The van der Waals surface area contributed by atoms with E-state index in [4.69, 9.17) is 21.1 Å². The van der Waals surface area contributed by atoms with Gasteiger partial charge in [-0.15, -0.1) is 5.10 Å². The van der Waals surface area contributed by atoms with Crippen molar-refractivity contribution in [2.75, 3.05) is 25.3 Å². The molecule has 0 saturated heterocycles. The van der Waals surface area contributed by atoms with Gasteiger partial charge in [0.05, 0.1) is 30.7 Å². The summed E-state index contributed by atoms with van der Waals surface area (Å²) in [7, 11) is 3.10. The van der Waals surface area contributed by atoms with Crippen LogP contribution in [0.25, 0.3) is 11.4 Å². The standard InChI is InChI=1S/C18H17ClN4O3S/c1-25-11-7-8-14(15(9-11)26-2)20-16(24)10-27-18-21-17(22-23-18)12-5-3-4-6-13(12)19/h3-9H,10H2,1-2H3,(H,20,24)(H,21,22,23). The summed E-state index contributed by atoms with van der Waals surface area (Å²) in [6.45, 7) is 0. The maximum atomic E-state index is 12.2. The molecule has 0 spiro atoms. The van der Waals surface area contributed by atoms with Crippen molar-refractivity contribution in [3.8, 4) is 22.9 Å². The van der Waals surface area contributed by atoms with Gasteiger partial charge in [0, 0.05) is 11.6 Å². The van der Waals surface area contributed by atoms with Gasteiger partial charge in [0.15, 0.2) is 5.82 Å². The minimum atomic E-state index is -0.201. The first kappa shape index (κ1) is 19.1. The van der Waals surface area contributed by atoms with E-state index in [-0.39, 0.29) is 11.7 Å². The molecule has 0 aliphatic carbocycles. The molecule has 1 amide bonds. The number of benzene rings is 2. The van der Waals surface area contributed by atoms with E-state index in [2.05, 4.69) is 20.5 Å². The number of amides is 1. The highest BCUT2D eigenvalue weighted by Gasteiger charge is 2.13. The predicted octanol–water partition coefficient (Wildman–Crippen LogP) is 3.87. The van der Waals surface area contributed by atoms with Crippen LogP contribution in [0.2, 0.25) is 5.02 Å². The first-order valence-electron chi connectivity index (χ1n) is 7.92. The molecule has 2 N–H and O–H groups in total. The molecule has 0 fully saturated rings. The van der Waals surface area contributed by atoms with Crippen molar-refractivity contribution in [1.29, 1.82) is 0 Å². The lowest BCUT2D eigenvalue weighted by atomic mass is 10.2. The SMILES string of the molecule is COc1ccc(NC(=O)CSc2n[nH]c(-c3ccccc3Cl)n2)c(OC)c1. The lowest BCUT2D eigenvalue weighted by Crippen LogP contribution is -2.14. The molecule has 0 saturated carbocycles. The van der Waals surface area contributed by atoms with E-state index in [0.29, 0.717) is 33.2 Å². The first-order valence-corrected chi connectivity index (χ1v) is 9.29. The number of carbonyl (C=O) groups is 1. The van der Waals surface area contributed by atoms with Crippen LogP contribution in [0, 0.1) is 0 Å². The molecule has 0 aliphatic rings. The Balaban J connectivity index is 1.61. The molecule has 0 aliphatic heterocycles. The van der Waals surface area contributed by atoms with Gasteiger partial charge >= 0.3 is 0 Å². The van der Waals surface area contributed by atoms with Crippen LogP contribution in [0.15, 0.2) is 47.6 Å². The summed E-state index contributed by atoms with van der Waals surface area (Å²) in [6.07, 6.45) is 0. The highest BCUT2D eigenvalue weighted by Crippen LogP contribution is 2.29. The number of ether oxygens (including phenoxy) is 2. The molecule has 1 aromatic heterocycles. The lowest BCUT2D eigenvalue weighted by Gasteiger charge is -2.11. The average Bonchev–Trinajstić information content (AvgIpc) is 3.16. The average molecular weight is 405 g/mol. The maximum absolute atomic E-state index is 12.2. The Morgan fingerprint density at radius 2 is 2.04 bits per heavy atom. The third-order valence-electron chi connectivity index (χ3n) is 3.61. The van der Waals surface area contributed by atoms with Crippen LogP contribution in [0.5, 0.6) is 11.5 Å². The van der Waals surface area contributed by atoms with Crippen molar-refractivity contribution < 1.29 is 14.3 Å². The van der Waals surface area contributed by atoms with Gasteiger partial charge in [0.2, 0.25) is 11.1 Å². The number of carbonyl (C=O) groups excluding carboxylic acids is 1. The monoisotopic (exact) mass is 404 g/mol. The van der Waals surface area contributed by atoms with Gasteiger partial charge in [0.1, 0.15) is 11.5 Å². The van der Waals surface area contributed by atoms with Gasteiger partial charge < -0.3 is 14.8 Å². The van der Waals surface area contributed by atoms with Crippen LogP contribution in [-0.4, -0.2) is 41.1 Å². The van der Waals surface area contributed by atoms with Crippen LogP contribution < -0.4 is 14.8 Å². The summed E-state index contributed by atoms with van der Waals surface area (Å²) in [4.78, 5) is 16.6. The van der Waals surface area contributed by atoms with E-state index in [9.17, 15) is 4.79 Å². The smallest absolute Gasteiger partial charge is 0.234 e. The lowest BCUT2D eigenvalue weighted by molar-refractivity contribution is -0.113. The van der Waals surface area contributed by atoms with Crippen LogP contribution in [0.4, 0.5) is 5.69 Å². The van der Waals surface area contributed by atoms with Crippen molar-refractivity contribution in [3.05, 3.63) is 47.5 Å². The number of thioether (sulfide) groups is 1. The Kier molecular flexibility index (Phi) is 6.20. The van der Waals surface area contributed by atoms with Gasteiger partial charge in [-0.3, -0.25) is 9.89 Å². The molecule has 9 heteroatoms. The molecule has 3 rings (SSSR count). The third-order valence-corrected chi connectivity index (χ3v) is 4.79. The second kappa shape index (κ2) is 8.79. The Bertz CT molecular complexity index is 948. The van der Waals surface area contributed by atoms with Gasteiger partial charge in [-0.25, -0.2) is 4.98 Å². The molecule has 3 aromatic rings. The van der Waals surface area contributed by atoms with E-state index >= 15 is 0 Å². The van der Waals surface area contributed by atoms with E-state index in [1.807, 2.05) is 18.2 Å². The Labute approximate surface area is 165 Å². The minimum Gasteiger partial charge on any atom is -0.497 e. The van der Waals surface area contributed by atoms with Crippen molar-refractivity contribution in [2.45, 2.75) is 5.16 Å². The van der Waals surface area contributed by atoms with Crippen LogP contribution in [0.1, 0.15) is 0 Å². The molecule has 2 aromatic carbocycles. The molecule has 0 atom stereocenters. The van der Waals surface area contributed by atoms with Gasteiger partial charge in [-0.05, 0) is 24.3 Å². The Morgan fingerprint density at radius 1 is 1.22 bits per heavy atom. The van der Waals surface area contributed by atoms with Crippen LogP contribution in [-0.2, 0) is 4.79 Å². The Hall–Kier alpha value is -2.71. The molecule has 0 unspecified atom stereocenters. The van der Waals surface area contributed by atoms with Crippen molar-refractivity contribution in [1.82, 2.24) is 15.2 Å². The zero-order valence-corrected chi connectivity index (χ0v) is 16.2. The van der Waals surface area contributed by atoms with E-state index in [1.54, 1.807) is 31.4 Å². The summed E-state index contributed by atoms with van der Waals surface area (Å²) in [6, 6.07) is 12.5. The van der Waals surface area contributed by atoms with E-state index in [1.165, 1.54) is 18.9 Å². The number of hydrogen-bond acceptors (Lipinski definition) is 6. The summed E-state index contributed by atoms with van der Waals surface area (Å²) < 4.78 is 10.4. The second-order valence-corrected chi connectivity index (χ2v) is 6.70. The number of nitrogens with one attached hydrogen (secondary N) is 2. The summed E-state index contributed by atoms with van der Waals surface area (Å²) >= 11 is 7.37. The molecular weight excluding hydrogens is 388 g/mol. The quantitative estimate of drug-likeness (QED) is 0.581. The molecule has 1 heterocycles. The van der Waals surface area contributed by atoms with E-state index in [0.717, 1.165) is 5.56 Å². The first-order chi connectivity index (χ1) is 13.1. The topological polar surface area (TPSA) is 89.1 Å². The number of aromatic amines is 1. The highest BCUT2D eigenvalue weighted by molar-refractivity contribution is 7.99. The zero-order chi connectivity index (χ0) is 19.2. The number of H-pyrrole nitrogens is 1. The number of aromatic nitrogens is 3. The van der Waals surface area contributed by atoms with Crippen LogP contribution >= 0.6 is 23.4 Å². The summed E-state index contributed by atoms with van der Waals surface area (Å²) in [5, 5.41) is 10.8. The number of anilines is 1. The number of halogens is 1. The minimum absolute atomic E-state index is 0.148. The number of rotatable bonds is 7. The summed E-state index contributed by atoms with van der Waals surface area (Å²) in [5.41, 5.74) is 1.32. The van der Waals surface area contributed by atoms with Crippen molar-refractivity contribution >= 4 is 35.0 Å².